The van der Waals surface area contributed by atoms with Gasteiger partial charge in [-0.25, -0.2) is 4.79 Å². The number of benzene rings is 2. The average molecular weight is 498 g/mol. The van der Waals surface area contributed by atoms with Crippen LogP contribution < -0.4 is 4.74 Å². The number of phenols is 1. The zero-order valence-corrected chi connectivity index (χ0v) is 19.5. The zero-order chi connectivity index (χ0) is 22.8. The molecule has 2 aromatic carbocycles. The van der Waals surface area contributed by atoms with Crippen LogP contribution in [0.3, 0.4) is 0 Å². The quantitative estimate of drug-likeness (QED) is 0.581. The van der Waals surface area contributed by atoms with Gasteiger partial charge in [-0.05, 0) is 59.0 Å². The smallest absolute Gasteiger partial charge is 0.336 e. The predicted molar refractivity (Wildman–Crippen MR) is 124 cm³/mol. The first-order valence-electron chi connectivity index (χ1n) is 10.5. The van der Waals surface area contributed by atoms with E-state index in [1.807, 2.05) is 30.3 Å². The van der Waals surface area contributed by atoms with E-state index in [0.29, 0.717) is 34.1 Å². The number of esters is 1. The fourth-order valence-corrected chi connectivity index (χ4v) is 4.93. The molecule has 0 radical (unpaired) electrons. The summed E-state index contributed by atoms with van der Waals surface area (Å²) in [6.07, 6.45) is 1.92. The number of Topliss-reactive ketones (excluding diaryl/α,β-unsaturated/α-hetero) is 1. The van der Waals surface area contributed by atoms with Crippen LogP contribution in [0, 0.1) is 5.92 Å². The molecule has 2 aliphatic rings. The highest BCUT2D eigenvalue weighted by Gasteiger charge is 2.44. The lowest BCUT2D eigenvalue weighted by molar-refractivity contribution is -0.140. The standard InChI is InChI=1S/C25H24BrNO5/c1-14-21(25(30)32-13-15-7-4-3-5-8-15)22(23-18(27-14)9-6-10-19(23)28)16-11-17(26)24(29)20(12-16)31-2/h3-5,7-8,11-12,22-23,29H,6,9-10,13H2,1-2H3. The number of allylic oxidation sites excluding steroid dienone is 1. The van der Waals surface area contributed by atoms with Gasteiger partial charge in [0.1, 0.15) is 12.4 Å². The van der Waals surface area contributed by atoms with Crippen molar-refractivity contribution < 1.29 is 24.2 Å². The van der Waals surface area contributed by atoms with Crippen LogP contribution in [0.2, 0.25) is 0 Å². The lowest BCUT2D eigenvalue weighted by Gasteiger charge is -2.35. The SMILES string of the molecule is COc1cc(C2C(C(=O)OCc3ccccc3)=C(C)N=C3CCCC(=O)C32)cc(Br)c1O. The Morgan fingerprint density at radius 1 is 1.19 bits per heavy atom. The Labute approximate surface area is 195 Å². The molecule has 1 aliphatic heterocycles. The third-order valence-corrected chi connectivity index (χ3v) is 6.57. The Balaban J connectivity index is 1.78. The van der Waals surface area contributed by atoms with Gasteiger partial charge in [0.25, 0.3) is 0 Å². The van der Waals surface area contributed by atoms with Gasteiger partial charge in [0.05, 0.1) is 23.1 Å². The van der Waals surface area contributed by atoms with Crippen molar-refractivity contribution in [3.8, 4) is 11.5 Å². The Morgan fingerprint density at radius 2 is 1.94 bits per heavy atom. The van der Waals surface area contributed by atoms with Crippen molar-refractivity contribution >= 4 is 33.4 Å². The van der Waals surface area contributed by atoms with Crippen LogP contribution in [-0.2, 0) is 20.9 Å². The van der Waals surface area contributed by atoms with Crippen LogP contribution in [0.15, 0.2) is 63.2 Å². The number of rotatable bonds is 5. The first kappa shape index (κ1) is 22.3. The molecule has 6 nitrogen and oxygen atoms in total. The molecule has 4 rings (SSSR count). The van der Waals surface area contributed by atoms with Crippen LogP contribution in [0.1, 0.15) is 43.2 Å². The molecule has 1 aliphatic carbocycles. The number of aromatic hydroxyl groups is 1. The van der Waals surface area contributed by atoms with Crippen LogP contribution >= 0.6 is 15.9 Å². The number of fused-ring (bicyclic) bond motifs is 1. The number of ketones is 1. The highest BCUT2D eigenvalue weighted by molar-refractivity contribution is 9.10. The average Bonchev–Trinajstić information content (AvgIpc) is 2.79. The molecule has 2 aromatic rings. The van der Waals surface area contributed by atoms with E-state index >= 15 is 0 Å². The summed E-state index contributed by atoms with van der Waals surface area (Å²) < 4.78 is 11.4. The summed E-state index contributed by atoms with van der Waals surface area (Å²) in [7, 11) is 1.46. The lowest BCUT2D eigenvalue weighted by Crippen LogP contribution is -2.39. The number of ether oxygens (including phenoxy) is 2. The fourth-order valence-electron chi connectivity index (χ4n) is 4.48. The summed E-state index contributed by atoms with van der Waals surface area (Å²) in [6.45, 7) is 1.90. The molecule has 0 bridgehead atoms. The van der Waals surface area contributed by atoms with E-state index in [1.165, 1.54) is 7.11 Å². The first-order valence-corrected chi connectivity index (χ1v) is 11.3. The second kappa shape index (κ2) is 9.28. The van der Waals surface area contributed by atoms with Crippen LogP contribution in [0.25, 0.3) is 0 Å². The number of carbonyl (C=O) groups is 2. The van der Waals surface area contributed by atoms with Crippen molar-refractivity contribution in [2.75, 3.05) is 7.11 Å². The van der Waals surface area contributed by atoms with Crippen molar-refractivity contribution in [1.82, 2.24) is 0 Å². The number of aliphatic imine (C=N–C) groups is 1. The summed E-state index contributed by atoms with van der Waals surface area (Å²) in [6, 6.07) is 12.8. The molecule has 0 aromatic heterocycles. The van der Waals surface area contributed by atoms with Gasteiger partial charge in [-0.1, -0.05) is 30.3 Å². The zero-order valence-electron chi connectivity index (χ0n) is 17.9. The molecular weight excluding hydrogens is 474 g/mol. The van der Waals surface area contributed by atoms with Gasteiger partial charge in [0.15, 0.2) is 11.5 Å². The number of nitrogens with zero attached hydrogens (tertiary/aromatic N) is 1. The minimum absolute atomic E-state index is 0.0372. The molecule has 1 saturated carbocycles. The molecule has 0 amide bonds. The highest BCUT2D eigenvalue weighted by Crippen LogP contribution is 2.46. The Kier molecular flexibility index (Phi) is 6.46. The van der Waals surface area contributed by atoms with Gasteiger partial charge >= 0.3 is 5.97 Å². The Bertz CT molecular complexity index is 1120. The summed E-state index contributed by atoms with van der Waals surface area (Å²) in [5, 5.41) is 10.3. The Morgan fingerprint density at radius 3 is 2.66 bits per heavy atom. The van der Waals surface area contributed by atoms with E-state index in [-0.39, 0.29) is 23.9 Å². The molecule has 0 saturated heterocycles. The normalized spacial score (nSPS) is 20.5. The van der Waals surface area contributed by atoms with E-state index in [9.17, 15) is 14.7 Å². The third-order valence-electron chi connectivity index (χ3n) is 5.97. The minimum atomic E-state index is -0.565. The summed E-state index contributed by atoms with van der Waals surface area (Å²) in [4.78, 5) is 31.0. The summed E-state index contributed by atoms with van der Waals surface area (Å²) in [5.41, 5.74) is 3.27. The maximum absolute atomic E-state index is 13.3. The van der Waals surface area contributed by atoms with Gasteiger partial charge in [-0.3, -0.25) is 9.79 Å². The van der Waals surface area contributed by atoms with Crippen molar-refractivity contribution in [1.29, 1.82) is 0 Å². The first-order chi connectivity index (χ1) is 15.4. The van der Waals surface area contributed by atoms with E-state index in [2.05, 4.69) is 20.9 Å². The summed E-state index contributed by atoms with van der Waals surface area (Å²) >= 11 is 3.36. The second-order valence-electron chi connectivity index (χ2n) is 7.99. The maximum atomic E-state index is 13.3. The van der Waals surface area contributed by atoms with E-state index < -0.39 is 17.8 Å². The third kappa shape index (κ3) is 4.21. The molecule has 1 N–H and O–H groups in total. The molecule has 1 fully saturated rings. The number of halogens is 1. The number of phenolic OH excluding ortho intramolecular Hbond substituents is 1. The second-order valence-corrected chi connectivity index (χ2v) is 8.85. The van der Waals surface area contributed by atoms with E-state index in [4.69, 9.17) is 9.47 Å². The highest BCUT2D eigenvalue weighted by atomic mass is 79.9. The Hall–Kier alpha value is -2.93. The molecule has 32 heavy (non-hydrogen) atoms. The van der Waals surface area contributed by atoms with Gasteiger partial charge in [0.2, 0.25) is 0 Å². The molecule has 2 unspecified atom stereocenters. The number of hydrogen-bond donors (Lipinski definition) is 1. The molecular formula is C25H24BrNO5. The van der Waals surface area contributed by atoms with Crippen LogP contribution in [0.4, 0.5) is 0 Å². The van der Waals surface area contributed by atoms with Crippen LogP contribution in [0.5, 0.6) is 11.5 Å². The lowest BCUT2D eigenvalue weighted by atomic mass is 9.69. The van der Waals surface area contributed by atoms with Crippen molar-refractivity contribution in [2.45, 2.75) is 38.7 Å². The van der Waals surface area contributed by atoms with Crippen molar-refractivity contribution in [2.24, 2.45) is 10.9 Å². The molecule has 166 valence electrons. The van der Waals surface area contributed by atoms with Gasteiger partial charge in [-0.2, -0.15) is 0 Å². The minimum Gasteiger partial charge on any atom is -0.503 e. The van der Waals surface area contributed by atoms with Gasteiger partial charge < -0.3 is 14.6 Å². The topological polar surface area (TPSA) is 85.2 Å². The van der Waals surface area contributed by atoms with Crippen LogP contribution in [-0.4, -0.2) is 29.7 Å². The molecule has 1 heterocycles. The predicted octanol–water partition coefficient (Wildman–Crippen LogP) is 5.09. The van der Waals surface area contributed by atoms with Gasteiger partial charge in [0, 0.05) is 23.7 Å². The molecule has 0 spiro atoms. The fraction of sp³-hybridized carbons (Fsp3) is 0.320. The van der Waals surface area contributed by atoms with Crippen molar-refractivity contribution in [3.63, 3.8) is 0 Å². The number of methoxy groups -OCH3 is 1. The maximum Gasteiger partial charge on any atom is 0.336 e. The number of carbonyl (C=O) groups excluding carboxylic acids is 2. The summed E-state index contributed by atoms with van der Waals surface area (Å²) in [5.74, 6) is -1.32. The monoisotopic (exact) mass is 497 g/mol. The molecule has 7 heteroatoms. The van der Waals surface area contributed by atoms with Crippen molar-refractivity contribution in [3.05, 3.63) is 69.3 Å². The van der Waals surface area contributed by atoms with Gasteiger partial charge in [-0.15, -0.1) is 0 Å². The largest absolute Gasteiger partial charge is 0.503 e. The van der Waals surface area contributed by atoms with E-state index in [1.54, 1.807) is 19.1 Å². The van der Waals surface area contributed by atoms with E-state index in [0.717, 1.165) is 17.7 Å². The molecule has 2 atom stereocenters. The number of hydrogen-bond acceptors (Lipinski definition) is 6.